The number of hydrogen-bond donors (Lipinski definition) is 0. The predicted molar refractivity (Wildman–Crippen MR) is 83.2 cm³/mol. The van der Waals surface area contributed by atoms with Crippen LogP contribution in [0.3, 0.4) is 0 Å². The Morgan fingerprint density at radius 3 is 3.05 bits per heavy atom. The summed E-state index contributed by atoms with van der Waals surface area (Å²) >= 11 is 0. The molecule has 0 aromatic rings. The number of unbranched alkanes of at least 4 members (excludes halogenated alkanes) is 2. The largest absolute Gasteiger partial charge is 0.361 e. The molecule has 4 heteroatoms. The van der Waals surface area contributed by atoms with E-state index in [2.05, 4.69) is 6.07 Å². The second-order valence-electron chi connectivity index (χ2n) is 6.74. The third kappa shape index (κ3) is 3.90. The Bertz CT molecular complexity index is 436. The van der Waals surface area contributed by atoms with E-state index in [0.29, 0.717) is 0 Å². The van der Waals surface area contributed by atoms with Crippen molar-refractivity contribution < 1.29 is 14.2 Å². The number of nitrogens with zero attached hydrogens (tertiary/aromatic N) is 1. The van der Waals surface area contributed by atoms with E-state index in [0.717, 1.165) is 51.7 Å². The molecule has 0 bridgehead atoms. The molecule has 3 rings (SSSR count). The lowest BCUT2D eigenvalue weighted by Crippen LogP contribution is -2.23. The normalized spacial score (nSPS) is 35.9. The van der Waals surface area contributed by atoms with Gasteiger partial charge in [0.15, 0.2) is 6.29 Å². The van der Waals surface area contributed by atoms with Crippen LogP contribution < -0.4 is 0 Å². The maximum atomic E-state index is 8.81. The van der Waals surface area contributed by atoms with E-state index in [-0.39, 0.29) is 18.0 Å². The Hall–Kier alpha value is -0.890. The lowest BCUT2D eigenvalue weighted by molar-refractivity contribution is -0.162. The summed E-state index contributed by atoms with van der Waals surface area (Å²) in [6.07, 6.45) is 13.4. The minimum Gasteiger partial charge on any atom is -0.361 e. The van der Waals surface area contributed by atoms with Crippen LogP contribution in [0.2, 0.25) is 0 Å². The number of fused-ring (bicyclic) bond motifs is 1. The summed E-state index contributed by atoms with van der Waals surface area (Å²) in [5.74, 6) is 0. The molecule has 0 aromatic carbocycles. The molecule has 0 N–H and O–H groups in total. The van der Waals surface area contributed by atoms with E-state index < -0.39 is 0 Å². The molecule has 3 unspecified atom stereocenters. The van der Waals surface area contributed by atoms with Gasteiger partial charge in [0, 0.05) is 19.3 Å². The van der Waals surface area contributed by atoms with Crippen LogP contribution in [0.5, 0.6) is 0 Å². The number of rotatable bonds is 7. The topological polar surface area (TPSA) is 54.8 Å². The van der Waals surface area contributed by atoms with Gasteiger partial charge in [-0.3, -0.25) is 0 Å². The minimum absolute atomic E-state index is 0.0421. The first-order chi connectivity index (χ1) is 10.8. The van der Waals surface area contributed by atoms with E-state index in [1.165, 1.54) is 31.3 Å². The Morgan fingerprint density at radius 2 is 2.23 bits per heavy atom. The molecule has 2 heterocycles. The Labute approximate surface area is 133 Å². The minimum atomic E-state index is 0.0421. The molecule has 2 saturated heterocycles. The van der Waals surface area contributed by atoms with Crippen molar-refractivity contribution in [3.8, 4) is 6.07 Å². The van der Waals surface area contributed by atoms with Gasteiger partial charge in [0.05, 0.1) is 11.7 Å². The van der Waals surface area contributed by atoms with E-state index in [1.807, 2.05) is 0 Å². The van der Waals surface area contributed by atoms with Crippen LogP contribution in [-0.2, 0) is 14.2 Å². The summed E-state index contributed by atoms with van der Waals surface area (Å²) < 4.78 is 17.3. The molecule has 3 fully saturated rings. The van der Waals surface area contributed by atoms with E-state index in [1.54, 1.807) is 6.08 Å². The first-order valence-corrected chi connectivity index (χ1v) is 8.84. The molecule has 1 aliphatic carbocycles. The zero-order valence-electron chi connectivity index (χ0n) is 13.4. The van der Waals surface area contributed by atoms with Gasteiger partial charge in [-0.25, -0.2) is 0 Å². The van der Waals surface area contributed by atoms with Crippen LogP contribution in [0.4, 0.5) is 0 Å². The summed E-state index contributed by atoms with van der Waals surface area (Å²) in [7, 11) is 0. The van der Waals surface area contributed by atoms with Crippen molar-refractivity contribution >= 4 is 0 Å². The highest BCUT2D eigenvalue weighted by molar-refractivity contribution is 5.30. The highest BCUT2D eigenvalue weighted by Gasteiger charge is 2.58. The molecule has 0 amide bonds. The van der Waals surface area contributed by atoms with Crippen molar-refractivity contribution in [3.63, 3.8) is 0 Å². The molecular formula is C18H27NO3. The fourth-order valence-corrected chi connectivity index (χ4v) is 3.83. The third-order valence-corrected chi connectivity index (χ3v) is 5.11. The highest BCUT2D eigenvalue weighted by atomic mass is 16.7. The van der Waals surface area contributed by atoms with Gasteiger partial charge >= 0.3 is 0 Å². The van der Waals surface area contributed by atoms with E-state index >= 15 is 0 Å². The molecule has 3 atom stereocenters. The van der Waals surface area contributed by atoms with Gasteiger partial charge in [-0.05, 0) is 56.9 Å². The van der Waals surface area contributed by atoms with Gasteiger partial charge < -0.3 is 14.2 Å². The Balaban J connectivity index is 1.28. The summed E-state index contributed by atoms with van der Waals surface area (Å²) in [6, 6.07) is 2.16. The van der Waals surface area contributed by atoms with Crippen LogP contribution in [0.25, 0.3) is 0 Å². The quantitative estimate of drug-likeness (QED) is 0.407. The molecule has 122 valence electrons. The second kappa shape index (κ2) is 7.59. The zero-order chi connectivity index (χ0) is 15.3. The molecule has 1 saturated carbocycles. The Kier molecular flexibility index (Phi) is 5.51. The molecule has 4 nitrogen and oxygen atoms in total. The van der Waals surface area contributed by atoms with Crippen LogP contribution in [0.1, 0.15) is 64.2 Å². The van der Waals surface area contributed by atoms with E-state index in [4.69, 9.17) is 19.5 Å². The molecular weight excluding hydrogens is 278 g/mol. The van der Waals surface area contributed by atoms with Crippen molar-refractivity contribution in [3.05, 3.63) is 11.6 Å². The first-order valence-electron chi connectivity index (χ1n) is 8.84. The van der Waals surface area contributed by atoms with E-state index in [9.17, 15) is 0 Å². The smallest absolute Gasteiger partial charge is 0.157 e. The van der Waals surface area contributed by atoms with Gasteiger partial charge in [0.1, 0.15) is 6.10 Å². The number of hydrogen-bond acceptors (Lipinski definition) is 4. The molecule has 2 aliphatic heterocycles. The molecule has 3 aliphatic rings. The molecule has 0 aromatic heterocycles. The van der Waals surface area contributed by atoms with Gasteiger partial charge in [-0.15, -0.1) is 0 Å². The Morgan fingerprint density at radius 1 is 1.27 bits per heavy atom. The fourth-order valence-electron chi connectivity index (χ4n) is 3.83. The van der Waals surface area contributed by atoms with Crippen molar-refractivity contribution in [1.82, 2.24) is 0 Å². The monoisotopic (exact) mass is 305 g/mol. The van der Waals surface area contributed by atoms with Crippen LogP contribution in [0, 0.1) is 11.3 Å². The van der Waals surface area contributed by atoms with Crippen molar-refractivity contribution in [1.29, 1.82) is 5.26 Å². The maximum absolute atomic E-state index is 8.81. The lowest BCUT2D eigenvalue weighted by atomic mass is 9.82. The van der Waals surface area contributed by atoms with Crippen molar-refractivity contribution in [2.75, 3.05) is 13.2 Å². The number of epoxide rings is 1. The molecule has 22 heavy (non-hydrogen) atoms. The van der Waals surface area contributed by atoms with Gasteiger partial charge in [0.2, 0.25) is 0 Å². The summed E-state index contributed by atoms with van der Waals surface area (Å²) in [5.41, 5.74) is 1.29. The first kappa shape index (κ1) is 16.0. The van der Waals surface area contributed by atoms with Crippen molar-refractivity contribution in [2.24, 2.45) is 0 Å². The highest BCUT2D eigenvalue weighted by Crippen LogP contribution is 2.53. The number of allylic oxidation sites excluding steroid dienone is 1. The van der Waals surface area contributed by atoms with Crippen molar-refractivity contribution in [2.45, 2.75) is 82.2 Å². The van der Waals surface area contributed by atoms with Crippen LogP contribution in [-0.4, -0.2) is 31.2 Å². The summed E-state index contributed by atoms with van der Waals surface area (Å²) in [6.45, 7) is 1.66. The van der Waals surface area contributed by atoms with Crippen LogP contribution in [0.15, 0.2) is 11.6 Å². The third-order valence-electron chi connectivity index (χ3n) is 5.11. The SMILES string of the molecule is N#C/C=C1\CCCC2(CCCCCOC3CCCCO3)OC12. The van der Waals surface area contributed by atoms with Gasteiger partial charge in [0.25, 0.3) is 0 Å². The predicted octanol–water partition coefficient (Wildman–Crippen LogP) is 3.86. The number of ether oxygens (including phenoxy) is 3. The molecule has 0 radical (unpaired) electrons. The average molecular weight is 305 g/mol. The maximum Gasteiger partial charge on any atom is 0.157 e. The van der Waals surface area contributed by atoms with Crippen LogP contribution >= 0.6 is 0 Å². The number of nitriles is 1. The van der Waals surface area contributed by atoms with Gasteiger partial charge in [-0.2, -0.15) is 5.26 Å². The lowest BCUT2D eigenvalue weighted by Gasteiger charge is -2.22. The standard InChI is InChI=1S/C18H27NO3/c19-12-9-15-7-6-11-18(17(15)22-18)10-3-1-4-13-20-16-8-2-5-14-21-16/h9,16-17H,1-8,10-11,13-14H2/b15-9+. The summed E-state index contributed by atoms with van der Waals surface area (Å²) in [5, 5.41) is 8.81. The second-order valence-corrected chi connectivity index (χ2v) is 6.74. The van der Waals surface area contributed by atoms with Gasteiger partial charge in [-0.1, -0.05) is 12.8 Å². The zero-order valence-corrected chi connectivity index (χ0v) is 13.4. The fraction of sp³-hybridized carbons (Fsp3) is 0.833. The average Bonchev–Trinajstić information content (AvgIpc) is 3.28. The molecule has 0 spiro atoms. The summed E-state index contributed by atoms with van der Waals surface area (Å²) in [4.78, 5) is 0.